The summed E-state index contributed by atoms with van der Waals surface area (Å²) >= 11 is 0. The van der Waals surface area contributed by atoms with E-state index in [1.54, 1.807) is 0 Å². The molecule has 152 valence electrons. The third-order valence-electron chi connectivity index (χ3n) is 5.50. The van der Waals surface area contributed by atoms with E-state index in [2.05, 4.69) is 111 Å². The Hall–Kier alpha value is -0.990. The van der Waals surface area contributed by atoms with E-state index in [4.69, 9.17) is 0 Å². The predicted molar refractivity (Wildman–Crippen MR) is 117 cm³/mol. The molecule has 2 aliphatic rings. The summed E-state index contributed by atoms with van der Waals surface area (Å²) < 4.78 is 0. The standard InChI is InChI=1S/C12H23N.C11H22N2/c1-11(2,3)9-7-8-13-10(9)12(4,5)6;1-10(2,3)8-9(11(4,5)6)13-7-12-8/h7-10,13H,1-6H3;7-9H,1-6H3,(H,12,13). The molecule has 0 aromatic heterocycles. The Morgan fingerprint density at radius 1 is 0.615 bits per heavy atom. The Morgan fingerprint density at radius 2 is 1.12 bits per heavy atom. The number of nitrogens with zero attached hydrogens (tertiary/aromatic N) is 1. The number of nitrogens with one attached hydrogen (secondary N) is 2. The maximum Gasteiger partial charge on any atom is 0.0831 e. The fraction of sp³-hybridized carbons (Fsp3) is 0.870. The normalized spacial score (nSPS) is 29.1. The third-order valence-corrected chi connectivity index (χ3v) is 5.50. The lowest BCUT2D eigenvalue weighted by Crippen LogP contribution is -2.48. The third kappa shape index (κ3) is 6.03. The summed E-state index contributed by atoms with van der Waals surface area (Å²) in [5.74, 6) is 0.646. The summed E-state index contributed by atoms with van der Waals surface area (Å²) in [6.45, 7) is 27.4. The maximum absolute atomic E-state index is 4.52. The highest BCUT2D eigenvalue weighted by molar-refractivity contribution is 5.59. The summed E-state index contributed by atoms with van der Waals surface area (Å²) in [6, 6.07) is 1.44. The number of rotatable bonds is 0. The summed E-state index contributed by atoms with van der Waals surface area (Å²) in [5.41, 5.74) is 1.21. The number of hydrogen-bond donors (Lipinski definition) is 2. The summed E-state index contributed by atoms with van der Waals surface area (Å²) in [7, 11) is 0. The van der Waals surface area contributed by atoms with Gasteiger partial charge in [0.1, 0.15) is 0 Å². The Labute approximate surface area is 163 Å². The van der Waals surface area contributed by atoms with Gasteiger partial charge in [0.15, 0.2) is 0 Å². The van der Waals surface area contributed by atoms with Crippen LogP contribution in [-0.2, 0) is 0 Å². The predicted octanol–water partition coefficient (Wildman–Crippen LogP) is 5.63. The molecular formula is C23H45N3. The van der Waals surface area contributed by atoms with Crippen molar-refractivity contribution in [2.45, 2.75) is 101 Å². The minimum atomic E-state index is 0.248. The average molecular weight is 364 g/mol. The lowest BCUT2D eigenvalue weighted by molar-refractivity contribution is 0.162. The first-order valence-corrected chi connectivity index (χ1v) is 10.2. The molecule has 0 radical (unpaired) electrons. The largest absolute Gasteiger partial charge is 0.387 e. The van der Waals surface area contributed by atoms with E-state index in [1.165, 1.54) is 0 Å². The number of hydrogen-bond acceptors (Lipinski definition) is 3. The first-order chi connectivity index (χ1) is 11.5. The summed E-state index contributed by atoms with van der Waals surface area (Å²) in [6.07, 6.45) is 6.30. The first-order valence-electron chi connectivity index (χ1n) is 10.2. The second-order valence-electron chi connectivity index (χ2n) is 12.4. The molecule has 3 heteroatoms. The number of aliphatic imine (C=N–C) groups is 1. The van der Waals surface area contributed by atoms with Crippen molar-refractivity contribution in [2.24, 2.45) is 32.6 Å². The molecule has 0 aliphatic carbocycles. The van der Waals surface area contributed by atoms with Gasteiger partial charge in [-0.25, -0.2) is 0 Å². The molecule has 0 amide bonds. The zero-order chi connectivity index (χ0) is 20.6. The Balaban J connectivity index is 0.000000260. The molecule has 2 heterocycles. The van der Waals surface area contributed by atoms with E-state index in [0.29, 0.717) is 34.9 Å². The van der Waals surface area contributed by atoms with E-state index in [1.807, 2.05) is 6.34 Å². The van der Waals surface area contributed by atoms with Gasteiger partial charge in [0.2, 0.25) is 0 Å². The van der Waals surface area contributed by atoms with Gasteiger partial charge in [-0.3, -0.25) is 4.99 Å². The van der Waals surface area contributed by atoms with Crippen molar-refractivity contribution in [2.75, 3.05) is 0 Å². The molecule has 2 N–H and O–H groups in total. The molecule has 0 bridgehead atoms. The second kappa shape index (κ2) is 7.56. The van der Waals surface area contributed by atoms with E-state index >= 15 is 0 Å². The molecule has 0 spiro atoms. The minimum Gasteiger partial charge on any atom is -0.387 e. The first kappa shape index (κ1) is 23.0. The SMILES string of the molecule is CC(C)(C)C1C=CNC1C(C)(C)C.CC(C)(C)C1N=CNC1C(C)(C)C. The van der Waals surface area contributed by atoms with E-state index < -0.39 is 0 Å². The van der Waals surface area contributed by atoms with Crippen LogP contribution in [0.1, 0.15) is 83.1 Å². The molecule has 4 unspecified atom stereocenters. The van der Waals surface area contributed by atoms with Crippen molar-refractivity contribution in [1.29, 1.82) is 0 Å². The Morgan fingerprint density at radius 3 is 1.42 bits per heavy atom. The lowest BCUT2D eigenvalue weighted by Gasteiger charge is -2.39. The fourth-order valence-electron chi connectivity index (χ4n) is 3.88. The van der Waals surface area contributed by atoms with Crippen LogP contribution < -0.4 is 10.6 Å². The lowest BCUT2D eigenvalue weighted by atomic mass is 9.70. The van der Waals surface area contributed by atoms with Crippen LogP contribution in [0.5, 0.6) is 0 Å². The molecule has 2 aliphatic heterocycles. The molecule has 3 nitrogen and oxygen atoms in total. The van der Waals surface area contributed by atoms with Crippen molar-refractivity contribution in [3.05, 3.63) is 12.3 Å². The van der Waals surface area contributed by atoms with Gasteiger partial charge in [0.25, 0.3) is 0 Å². The Bertz CT molecular complexity index is 456. The van der Waals surface area contributed by atoms with Gasteiger partial charge in [0, 0.05) is 12.0 Å². The average Bonchev–Trinajstić information content (AvgIpc) is 3.06. The maximum atomic E-state index is 4.52. The Kier molecular flexibility index (Phi) is 6.70. The van der Waals surface area contributed by atoms with Crippen LogP contribution in [0.3, 0.4) is 0 Å². The van der Waals surface area contributed by atoms with Crippen molar-refractivity contribution in [3.63, 3.8) is 0 Å². The fourth-order valence-corrected chi connectivity index (χ4v) is 3.88. The van der Waals surface area contributed by atoms with Gasteiger partial charge >= 0.3 is 0 Å². The minimum absolute atomic E-state index is 0.248. The zero-order valence-electron chi connectivity index (χ0n) is 19.5. The van der Waals surface area contributed by atoms with Crippen LogP contribution in [0.2, 0.25) is 0 Å². The van der Waals surface area contributed by atoms with Crippen molar-refractivity contribution in [1.82, 2.24) is 10.6 Å². The topological polar surface area (TPSA) is 36.4 Å². The van der Waals surface area contributed by atoms with Crippen molar-refractivity contribution in [3.8, 4) is 0 Å². The van der Waals surface area contributed by atoms with Gasteiger partial charge in [-0.05, 0) is 27.9 Å². The molecule has 4 atom stereocenters. The molecule has 0 saturated carbocycles. The smallest absolute Gasteiger partial charge is 0.0831 e. The zero-order valence-corrected chi connectivity index (χ0v) is 19.5. The molecule has 0 fully saturated rings. The van der Waals surface area contributed by atoms with Gasteiger partial charge in [-0.1, -0.05) is 89.2 Å². The summed E-state index contributed by atoms with van der Waals surface area (Å²) in [4.78, 5) is 4.52. The van der Waals surface area contributed by atoms with Crippen LogP contribution in [0.4, 0.5) is 0 Å². The quantitative estimate of drug-likeness (QED) is 0.585. The van der Waals surface area contributed by atoms with Gasteiger partial charge < -0.3 is 10.6 Å². The molecule has 0 aromatic rings. The summed E-state index contributed by atoms with van der Waals surface area (Å²) in [5, 5.41) is 6.83. The highest BCUT2D eigenvalue weighted by atomic mass is 15.1. The second-order valence-corrected chi connectivity index (χ2v) is 12.4. The highest BCUT2D eigenvalue weighted by Crippen LogP contribution is 2.39. The van der Waals surface area contributed by atoms with Crippen LogP contribution >= 0.6 is 0 Å². The van der Waals surface area contributed by atoms with Crippen LogP contribution in [-0.4, -0.2) is 24.5 Å². The molecule has 0 saturated heterocycles. The van der Waals surface area contributed by atoms with E-state index in [-0.39, 0.29) is 10.8 Å². The molecular weight excluding hydrogens is 318 g/mol. The van der Waals surface area contributed by atoms with Gasteiger partial charge in [0.05, 0.1) is 18.4 Å². The van der Waals surface area contributed by atoms with Gasteiger partial charge in [-0.2, -0.15) is 0 Å². The van der Waals surface area contributed by atoms with Crippen LogP contribution in [0.15, 0.2) is 17.3 Å². The van der Waals surface area contributed by atoms with Crippen molar-refractivity contribution >= 4 is 6.34 Å². The van der Waals surface area contributed by atoms with Crippen LogP contribution in [0.25, 0.3) is 0 Å². The van der Waals surface area contributed by atoms with Crippen LogP contribution in [0, 0.1) is 27.6 Å². The van der Waals surface area contributed by atoms with E-state index in [9.17, 15) is 0 Å². The van der Waals surface area contributed by atoms with Crippen molar-refractivity contribution < 1.29 is 0 Å². The van der Waals surface area contributed by atoms with Gasteiger partial charge in [-0.15, -0.1) is 0 Å². The molecule has 0 aromatic carbocycles. The molecule has 2 rings (SSSR count). The highest BCUT2D eigenvalue weighted by Gasteiger charge is 2.41. The monoisotopic (exact) mass is 363 g/mol. The molecule has 26 heavy (non-hydrogen) atoms. The van der Waals surface area contributed by atoms with E-state index in [0.717, 1.165) is 0 Å².